The molecule has 1 saturated heterocycles. The van der Waals surface area contributed by atoms with Crippen molar-refractivity contribution in [1.82, 2.24) is 4.90 Å². The van der Waals surface area contributed by atoms with Crippen LogP contribution in [0, 0.1) is 0 Å². The van der Waals surface area contributed by atoms with Crippen LogP contribution in [-0.4, -0.2) is 31.2 Å². The summed E-state index contributed by atoms with van der Waals surface area (Å²) in [7, 11) is 0. The van der Waals surface area contributed by atoms with E-state index in [4.69, 9.17) is 16.3 Å². The Labute approximate surface area is 116 Å². The lowest BCUT2D eigenvalue weighted by Gasteiger charge is -2.41. The van der Waals surface area contributed by atoms with E-state index in [-0.39, 0.29) is 5.54 Å². The van der Waals surface area contributed by atoms with Gasteiger partial charge in [-0.05, 0) is 31.5 Å². The van der Waals surface area contributed by atoms with Gasteiger partial charge < -0.3 is 4.74 Å². The molecule has 0 unspecified atom stereocenters. The lowest BCUT2D eigenvalue weighted by Crippen LogP contribution is -2.48. The fraction of sp³-hybridized carbons (Fsp3) is 0.538. The third kappa shape index (κ3) is 2.84. The van der Waals surface area contributed by atoms with Crippen LogP contribution in [0.25, 0.3) is 0 Å². The Balaban J connectivity index is 2.29. The van der Waals surface area contributed by atoms with E-state index in [1.54, 1.807) is 0 Å². The molecule has 4 heteroatoms. The maximum absolute atomic E-state index is 6.35. The van der Waals surface area contributed by atoms with Gasteiger partial charge in [0, 0.05) is 28.1 Å². The van der Waals surface area contributed by atoms with E-state index < -0.39 is 0 Å². The van der Waals surface area contributed by atoms with E-state index in [0.29, 0.717) is 0 Å². The van der Waals surface area contributed by atoms with Gasteiger partial charge in [0.25, 0.3) is 0 Å². The average molecular weight is 319 g/mol. The van der Waals surface area contributed by atoms with Crippen molar-refractivity contribution >= 4 is 27.5 Å². The van der Waals surface area contributed by atoms with Crippen LogP contribution in [0.4, 0.5) is 0 Å². The molecular formula is C13H17BrClNO. The molecule has 0 bridgehead atoms. The van der Waals surface area contributed by atoms with E-state index >= 15 is 0 Å². The molecule has 0 N–H and O–H groups in total. The van der Waals surface area contributed by atoms with Crippen LogP contribution in [0.2, 0.25) is 5.02 Å². The summed E-state index contributed by atoms with van der Waals surface area (Å²) < 4.78 is 6.42. The zero-order chi connectivity index (χ0) is 12.5. The Morgan fingerprint density at radius 2 is 1.94 bits per heavy atom. The van der Waals surface area contributed by atoms with Gasteiger partial charge in [0.05, 0.1) is 13.2 Å². The Kier molecular flexibility index (Phi) is 4.14. The highest BCUT2D eigenvalue weighted by atomic mass is 79.9. The van der Waals surface area contributed by atoms with Gasteiger partial charge in [-0.2, -0.15) is 0 Å². The van der Waals surface area contributed by atoms with E-state index in [9.17, 15) is 0 Å². The monoisotopic (exact) mass is 317 g/mol. The predicted molar refractivity (Wildman–Crippen MR) is 74.6 cm³/mol. The van der Waals surface area contributed by atoms with Gasteiger partial charge in [0.2, 0.25) is 0 Å². The van der Waals surface area contributed by atoms with Crippen molar-refractivity contribution in [2.24, 2.45) is 0 Å². The number of ether oxygens (including phenoxy) is 1. The first-order chi connectivity index (χ1) is 8.01. The molecule has 1 fully saturated rings. The van der Waals surface area contributed by atoms with Crippen LogP contribution in [-0.2, 0) is 10.3 Å². The zero-order valence-electron chi connectivity index (χ0n) is 10.2. The van der Waals surface area contributed by atoms with Crippen molar-refractivity contribution < 1.29 is 4.74 Å². The van der Waals surface area contributed by atoms with E-state index in [2.05, 4.69) is 40.7 Å². The van der Waals surface area contributed by atoms with Crippen molar-refractivity contribution in [3.63, 3.8) is 0 Å². The highest BCUT2D eigenvalue weighted by molar-refractivity contribution is 9.10. The molecule has 2 nitrogen and oxygen atoms in total. The fourth-order valence-corrected chi connectivity index (χ4v) is 3.18. The first-order valence-corrected chi connectivity index (χ1v) is 6.97. The summed E-state index contributed by atoms with van der Waals surface area (Å²) in [5, 5.41) is 0.816. The Morgan fingerprint density at radius 3 is 2.53 bits per heavy atom. The number of morpholine rings is 1. The largest absolute Gasteiger partial charge is 0.379 e. The Bertz CT molecular complexity index is 402. The van der Waals surface area contributed by atoms with Gasteiger partial charge in [-0.3, -0.25) is 4.90 Å². The highest BCUT2D eigenvalue weighted by Crippen LogP contribution is 2.34. The van der Waals surface area contributed by atoms with E-state index in [1.807, 2.05) is 12.1 Å². The fourth-order valence-electron chi connectivity index (χ4n) is 2.28. The predicted octanol–water partition coefficient (Wildman–Crippen LogP) is 3.67. The third-order valence-corrected chi connectivity index (χ3v) is 4.20. The number of benzene rings is 1. The molecule has 0 atom stereocenters. The summed E-state index contributed by atoms with van der Waals surface area (Å²) in [6, 6.07) is 6.10. The molecule has 94 valence electrons. The minimum atomic E-state index is -0.0540. The van der Waals surface area contributed by atoms with Gasteiger partial charge in [-0.25, -0.2) is 0 Å². The number of nitrogens with zero attached hydrogens (tertiary/aromatic N) is 1. The molecular weight excluding hydrogens is 302 g/mol. The van der Waals surface area contributed by atoms with Crippen LogP contribution in [0.15, 0.2) is 22.7 Å². The molecule has 0 spiro atoms. The van der Waals surface area contributed by atoms with Crippen molar-refractivity contribution in [2.45, 2.75) is 19.4 Å². The number of rotatable bonds is 2. The minimum Gasteiger partial charge on any atom is -0.379 e. The molecule has 0 aliphatic carbocycles. The summed E-state index contributed by atoms with van der Waals surface area (Å²) in [5.74, 6) is 0. The molecule has 0 aromatic heterocycles. The number of hydrogen-bond donors (Lipinski definition) is 0. The Hall–Kier alpha value is -0.0900. The second-order valence-corrected chi connectivity index (χ2v) is 6.11. The second kappa shape index (κ2) is 5.27. The number of hydrogen-bond acceptors (Lipinski definition) is 2. The van der Waals surface area contributed by atoms with Crippen molar-refractivity contribution in [3.05, 3.63) is 33.3 Å². The van der Waals surface area contributed by atoms with Gasteiger partial charge in [-0.15, -0.1) is 0 Å². The molecule has 1 aliphatic heterocycles. The quantitative estimate of drug-likeness (QED) is 0.825. The molecule has 1 aliphatic rings. The summed E-state index contributed by atoms with van der Waals surface area (Å²) in [6.45, 7) is 7.95. The normalized spacial score (nSPS) is 18.4. The lowest BCUT2D eigenvalue weighted by molar-refractivity contribution is -0.0117. The van der Waals surface area contributed by atoms with Gasteiger partial charge >= 0.3 is 0 Å². The summed E-state index contributed by atoms with van der Waals surface area (Å²) in [6.07, 6.45) is 0. The Morgan fingerprint density at radius 1 is 1.29 bits per heavy atom. The molecule has 0 amide bonds. The zero-order valence-corrected chi connectivity index (χ0v) is 12.5. The molecule has 1 heterocycles. The van der Waals surface area contributed by atoms with E-state index in [0.717, 1.165) is 35.8 Å². The van der Waals surface area contributed by atoms with Gasteiger partial charge in [0.15, 0.2) is 0 Å². The molecule has 1 aromatic rings. The maximum Gasteiger partial charge on any atom is 0.0594 e. The van der Waals surface area contributed by atoms with Gasteiger partial charge in [-0.1, -0.05) is 33.6 Å². The summed E-state index contributed by atoms with van der Waals surface area (Å²) in [5.41, 5.74) is 1.12. The SMILES string of the molecule is CC(C)(c1ccc(Br)cc1Cl)N1CCOCC1. The number of halogens is 2. The third-order valence-electron chi connectivity index (χ3n) is 3.39. The van der Waals surface area contributed by atoms with Crippen LogP contribution in [0.3, 0.4) is 0 Å². The standard InChI is InChI=1S/C13H17BrClNO/c1-13(2,16-5-7-17-8-6-16)11-4-3-10(14)9-12(11)15/h3-4,9H,5-8H2,1-2H3. The minimum absolute atomic E-state index is 0.0540. The van der Waals surface area contributed by atoms with Crippen molar-refractivity contribution in [2.75, 3.05) is 26.3 Å². The molecule has 2 rings (SSSR count). The molecule has 0 saturated carbocycles. The highest BCUT2D eigenvalue weighted by Gasteiger charge is 2.31. The summed E-state index contributed by atoms with van der Waals surface area (Å²) in [4.78, 5) is 2.42. The molecule has 1 aromatic carbocycles. The topological polar surface area (TPSA) is 12.5 Å². The molecule has 0 radical (unpaired) electrons. The first-order valence-electron chi connectivity index (χ1n) is 5.80. The van der Waals surface area contributed by atoms with Crippen molar-refractivity contribution in [1.29, 1.82) is 0 Å². The smallest absolute Gasteiger partial charge is 0.0594 e. The first kappa shape index (κ1) is 13.3. The van der Waals surface area contributed by atoms with Crippen molar-refractivity contribution in [3.8, 4) is 0 Å². The van der Waals surface area contributed by atoms with Crippen LogP contribution >= 0.6 is 27.5 Å². The second-order valence-electron chi connectivity index (χ2n) is 4.78. The van der Waals surface area contributed by atoms with Crippen LogP contribution in [0.1, 0.15) is 19.4 Å². The lowest BCUT2D eigenvalue weighted by atomic mass is 9.92. The molecule has 17 heavy (non-hydrogen) atoms. The maximum atomic E-state index is 6.35. The van der Waals surface area contributed by atoms with E-state index in [1.165, 1.54) is 5.56 Å². The van der Waals surface area contributed by atoms with Crippen LogP contribution < -0.4 is 0 Å². The summed E-state index contributed by atoms with van der Waals surface area (Å²) >= 11 is 9.79. The van der Waals surface area contributed by atoms with Gasteiger partial charge in [0.1, 0.15) is 0 Å². The van der Waals surface area contributed by atoms with Crippen LogP contribution in [0.5, 0.6) is 0 Å². The average Bonchev–Trinajstić information content (AvgIpc) is 2.29.